The maximum atomic E-state index is 11.8. The first kappa shape index (κ1) is 24.5. The molecule has 30 heavy (non-hydrogen) atoms. The summed E-state index contributed by atoms with van der Waals surface area (Å²) < 4.78 is 5.63. The van der Waals surface area contributed by atoms with E-state index in [2.05, 4.69) is 29.0 Å². The number of nitrogens with one attached hydrogen (secondary N) is 3. The predicted octanol–water partition coefficient (Wildman–Crippen LogP) is 3.91. The van der Waals surface area contributed by atoms with Gasteiger partial charge in [-0.05, 0) is 69.6 Å². The van der Waals surface area contributed by atoms with E-state index in [4.69, 9.17) is 9.73 Å². The summed E-state index contributed by atoms with van der Waals surface area (Å²) in [6.45, 7) is 4.42. The zero-order chi connectivity index (χ0) is 20.3. The van der Waals surface area contributed by atoms with Gasteiger partial charge in [-0.25, -0.2) is 4.99 Å². The van der Waals surface area contributed by atoms with Crippen LogP contribution in [0, 0.1) is 0 Å². The van der Waals surface area contributed by atoms with E-state index in [9.17, 15) is 4.79 Å². The Balaban J connectivity index is 0.00000320. The second kappa shape index (κ2) is 13.5. The molecule has 166 valence electrons. The van der Waals surface area contributed by atoms with Crippen LogP contribution >= 0.6 is 24.0 Å². The molecule has 0 saturated heterocycles. The summed E-state index contributed by atoms with van der Waals surface area (Å²) in [5.74, 6) is 1.48. The Morgan fingerprint density at radius 3 is 2.83 bits per heavy atom. The fraction of sp³-hybridized carbons (Fsp3) is 0.565. The van der Waals surface area contributed by atoms with Gasteiger partial charge >= 0.3 is 0 Å². The van der Waals surface area contributed by atoms with Crippen LogP contribution in [0.3, 0.4) is 0 Å². The Morgan fingerprint density at radius 1 is 1.23 bits per heavy atom. The maximum Gasteiger partial charge on any atom is 0.258 e. The van der Waals surface area contributed by atoms with Crippen molar-refractivity contribution in [3.8, 4) is 5.75 Å². The molecule has 6 nitrogen and oxygen atoms in total. The molecule has 0 aromatic heterocycles. The zero-order valence-electron chi connectivity index (χ0n) is 17.9. The molecule has 0 aliphatic heterocycles. The van der Waals surface area contributed by atoms with E-state index < -0.39 is 0 Å². The number of benzene rings is 1. The van der Waals surface area contributed by atoms with Crippen LogP contribution in [-0.4, -0.2) is 37.6 Å². The van der Waals surface area contributed by atoms with Crippen LogP contribution in [0.5, 0.6) is 5.75 Å². The first-order valence-electron chi connectivity index (χ1n) is 10.9. The van der Waals surface area contributed by atoms with Crippen LogP contribution in [0.15, 0.2) is 40.9 Å². The van der Waals surface area contributed by atoms with Gasteiger partial charge in [0.2, 0.25) is 0 Å². The number of ether oxygens (including phenoxy) is 1. The van der Waals surface area contributed by atoms with Crippen LogP contribution in [0.2, 0.25) is 0 Å². The van der Waals surface area contributed by atoms with Crippen LogP contribution in [-0.2, 0) is 11.3 Å². The molecule has 0 heterocycles. The summed E-state index contributed by atoms with van der Waals surface area (Å²) >= 11 is 0. The topological polar surface area (TPSA) is 74.8 Å². The lowest BCUT2D eigenvalue weighted by Gasteiger charge is -2.15. The average molecular weight is 526 g/mol. The van der Waals surface area contributed by atoms with Gasteiger partial charge in [-0.2, -0.15) is 0 Å². The Labute approximate surface area is 197 Å². The van der Waals surface area contributed by atoms with E-state index in [-0.39, 0.29) is 36.5 Å². The second-order valence-corrected chi connectivity index (χ2v) is 7.76. The molecule has 0 spiro atoms. The fourth-order valence-corrected chi connectivity index (χ4v) is 3.36. The lowest BCUT2D eigenvalue weighted by molar-refractivity contribution is -0.123. The van der Waals surface area contributed by atoms with Crippen molar-refractivity contribution in [2.24, 2.45) is 4.99 Å². The number of aliphatic imine (C=N–C) groups is 1. The van der Waals surface area contributed by atoms with E-state index >= 15 is 0 Å². The van der Waals surface area contributed by atoms with E-state index in [1.807, 2.05) is 24.3 Å². The quantitative estimate of drug-likeness (QED) is 0.187. The molecule has 1 saturated carbocycles. The Hall–Kier alpha value is -1.77. The number of hydrogen-bond acceptors (Lipinski definition) is 3. The fourth-order valence-electron chi connectivity index (χ4n) is 3.36. The van der Waals surface area contributed by atoms with Gasteiger partial charge in [0.05, 0.1) is 6.54 Å². The number of nitrogens with zero attached hydrogens (tertiary/aromatic N) is 1. The number of amides is 1. The van der Waals surface area contributed by atoms with Crippen LogP contribution < -0.4 is 20.7 Å². The Kier molecular flexibility index (Phi) is 11.0. The number of guanidine groups is 1. The highest BCUT2D eigenvalue weighted by molar-refractivity contribution is 14.0. The van der Waals surface area contributed by atoms with Crippen molar-refractivity contribution < 1.29 is 9.53 Å². The minimum absolute atomic E-state index is 0. The molecular formula is C23H35IN4O2. The van der Waals surface area contributed by atoms with Gasteiger partial charge in [0, 0.05) is 19.1 Å². The van der Waals surface area contributed by atoms with Gasteiger partial charge in [-0.15, -0.1) is 24.0 Å². The monoisotopic (exact) mass is 526 g/mol. The smallest absolute Gasteiger partial charge is 0.258 e. The molecule has 2 aliphatic carbocycles. The SMILES string of the molecule is CCNC(=NCc1cccc(OCC(=O)NC2CC2)c1)NCCC1=CCCCC1.I. The predicted molar refractivity (Wildman–Crippen MR) is 133 cm³/mol. The molecule has 3 rings (SSSR count). The number of allylic oxidation sites excluding steroid dienone is 1. The maximum absolute atomic E-state index is 11.8. The third kappa shape index (κ3) is 9.36. The van der Waals surface area contributed by atoms with Crippen molar-refractivity contribution >= 4 is 35.8 Å². The number of carbonyl (C=O) groups excluding carboxylic acids is 1. The highest BCUT2D eigenvalue weighted by atomic mass is 127. The number of carbonyl (C=O) groups is 1. The van der Waals surface area contributed by atoms with Gasteiger partial charge in [0.15, 0.2) is 12.6 Å². The lowest BCUT2D eigenvalue weighted by atomic mass is 9.97. The first-order chi connectivity index (χ1) is 14.2. The molecule has 0 atom stereocenters. The van der Waals surface area contributed by atoms with Crippen molar-refractivity contribution in [3.63, 3.8) is 0 Å². The molecule has 0 bridgehead atoms. The average Bonchev–Trinajstić information content (AvgIpc) is 3.55. The standard InChI is InChI=1S/C23H34N4O2.HI/c1-2-24-23(25-14-13-18-7-4-3-5-8-18)26-16-19-9-6-10-21(15-19)29-17-22(28)27-20-11-12-20;/h6-7,9-10,15,20H,2-5,8,11-14,16-17H2,1H3,(H,27,28)(H2,24,25,26);1H. The van der Waals surface area contributed by atoms with Crippen LogP contribution in [0.1, 0.15) is 57.4 Å². The van der Waals surface area contributed by atoms with Gasteiger partial charge in [0.1, 0.15) is 5.75 Å². The zero-order valence-corrected chi connectivity index (χ0v) is 20.2. The van der Waals surface area contributed by atoms with Crippen LogP contribution in [0.4, 0.5) is 0 Å². The summed E-state index contributed by atoms with van der Waals surface area (Å²) in [4.78, 5) is 16.5. The number of halogens is 1. The van der Waals surface area contributed by atoms with E-state index in [1.54, 1.807) is 5.57 Å². The Morgan fingerprint density at radius 2 is 2.10 bits per heavy atom. The molecular weight excluding hydrogens is 491 g/mol. The molecule has 1 aromatic carbocycles. The van der Waals surface area contributed by atoms with Crippen molar-refractivity contribution in [3.05, 3.63) is 41.5 Å². The lowest BCUT2D eigenvalue weighted by Crippen LogP contribution is -2.37. The van der Waals surface area contributed by atoms with Crippen molar-refractivity contribution in [1.29, 1.82) is 0 Å². The molecule has 1 aromatic rings. The molecule has 7 heteroatoms. The third-order valence-electron chi connectivity index (χ3n) is 5.10. The highest BCUT2D eigenvalue weighted by Crippen LogP contribution is 2.20. The van der Waals surface area contributed by atoms with Crippen molar-refractivity contribution in [2.45, 2.75) is 64.5 Å². The number of rotatable bonds is 10. The van der Waals surface area contributed by atoms with Gasteiger partial charge in [0.25, 0.3) is 5.91 Å². The van der Waals surface area contributed by atoms with Crippen molar-refractivity contribution in [2.75, 3.05) is 19.7 Å². The molecule has 1 amide bonds. The van der Waals surface area contributed by atoms with Gasteiger partial charge in [-0.1, -0.05) is 23.8 Å². The van der Waals surface area contributed by atoms with E-state index in [1.165, 1.54) is 25.7 Å². The first-order valence-corrected chi connectivity index (χ1v) is 10.9. The van der Waals surface area contributed by atoms with E-state index in [0.29, 0.717) is 18.3 Å². The molecule has 1 fully saturated rings. The molecule has 3 N–H and O–H groups in total. The Bertz CT molecular complexity index is 732. The summed E-state index contributed by atoms with van der Waals surface area (Å²) in [5.41, 5.74) is 2.62. The molecule has 0 unspecified atom stereocenters. The normalized spacial score (nSPS) is 16.2. The largest absolute Gasteiger partial charge is 0.484 e. The minimum atomic E-state index is -0.0531. The summed E-state index contributed by atoms with van der Waals surface area (Å²) in [6, 6.07) is 8.15. The highest BCUT2D eigenvalue weighted by Gasteiger charge is 2.23. The van der Waals surface area contributed by atoms with Crippen LogP contribution in [0.25, 0.3) is 0 Å². The summed E-state index contributed by atoms with van der Waals surface area (Å²) in [5, 5.41) is 9.67. The summed E-state index contributed by atoms with van der Waals surface area (Å²) in [7, 11) is 0. The molecule has 2 aliphatic rings. The van der Waals surface area contributed by atoms with E-state index in [0.717, 1.165) is 43.9 Å². The van der Waals surface area contributed by atoms with Gasteiger partial charge in [-0.3, -0.25) is 4.79 Å². The van der Waals surface area contributed by atoms with Crippen molar-refractivity contribution in [1.82, 2.24) is 16.0 Å². The summed E-state index contributed by atoms with van der Waals surface area (Å²) in [6.07, 6.45) is 10.8. The minimum Gasteiger partial charge on any atom is -0.484 e. The van der Waals surface area contributed by atoms with Gasteiger partial charge < -0.3 is 20.7 Å². The number of hydrogen-bond donors (Lipinski definition) is 3. The second-order valence-electron chi connectivity index (χ2n) is 7.76. The molecule has 0 radical (unpaired) electrons. The third-order valence-corrected chi connectivity index (χ3v) is 5.10.